The molecule has 0 unspecified atom stereocenters. The van der Waals surface area contributed by atoms with Crippen LogP contribution in [-0.4, -0.2) is 45.9 Å². The molecule has 0 amide bonds. The van der Waals surface area contributed by atoms with Gasteiger partial charge in [-0.05, 0) is 50.1 Å². The Morgan fingerprint density at radius 2 is 2.16 bits per heavy atom. The van der Waals surface area contributed by atoms with Gasteiger partial charge >= 0.3 is 0 Å². The van der Waals surface area contributed by atoms with E-state index < -0.39 is 0 Å². The molecule has 0 radical (unpaired) electrons. The van der Waals surface area contributed by atoms with Crippen LogP contribution in [0.1, 0.15) is 39.0 Å². The van der Waals surface area contributed by atoms with Gasteiger partial charge in [0.05, 0.1) is 12.2 Å². The van der Waals surface area contributed by atoms with E-state index in [0.717, 1.165) is 32.2 Å². The fourth-order valence-corrected chi connectivity index (χ4v) is 5.70. The zero-order valence-corrected chi connectivity index (χ0v) is 11.8. The lowest BCUT2D eigenvalue weighted by molar-refractivity contribution is -0.138. The molecular weight excluding hydrogens is 238 g/mol. The van der Waals surface area contributed by atoms with Crippen LogP contribution in [0, 0.1) is 17.8 Å². The zero-order chi connectivity index (χ0) is 13.2. The molecule has 106 valence electrons. The van der Waals surface area contributed by atoms with Gasteiger partial charge in [0.2, 0.25) is 0 Å². The number of hydrogen-bond donors (Lipinski definition) is 2. The van der Waals surface area contributed by atoms with E-state index in [1.807, 2.05) is 0 Å². The number of aliphatic hydroxyl groups excluding tert-OH is 2. The third kappa shape index (κ3) is 1.44. The van der Waals surface area contributed by atoms with Crippen molar-refractivity contribution in [2.75, 3.05) is 13.1 Å². The number of aliphatic hydroxyl groups is 2. The van der Waals surface area contributed by atoms with Crippen LogP contribution in [0.3, 0.4) is 0 Å². The number of piperidine rings is 1. The van der Waals surface area contributed by atoms with E-state index >= 15 is 0 Å². The Bertz CT molecular complexity index is 421. The summed E-state index contributed by atoms with van der Waals surface area (Å²) in [7, 11) is 0. The van der Waals surface area contributed by atoms with E-state index in [2.05, 4.69) is 17.9 Å². The second-order valence-electron chi connectivity index (χ2n) is 7.19. The van der Waals surface area contributed by atoms with E-state index in [0.29, 0.717) is 11.8 Å². The summed E-state index contributed by atoms with van der Waals surface area (Å²) in [5.41, 5.74) is 1.58. The largest absolute Gasteiger partial charge is 0.393 e. The maximum absolute atomic E-state index is 10.6. The summed E-state index contributed by atoms with van der Waals surface area (Å²) in [6.45, 7) is 4.51. The van der Waals surface area contributed by atoms with Crippen molar-refractivity contribution in [2.24, 2.45) is 17.8 Å². The zero-order valence-electron chi connectivity index (χ0n) is 11.8. The summed E-state index contributed by atoms with van der Waals surface area (Å²) in [5.74, 6) is 0.964. The van der Waals surface area contributed by atoms with Crippen LogP contribution in [0.5, 0.6) is 0 Å². The Morgan fingerprint density at radius 1 is 1.32 bits per heavy atom. The predicted molar refractivity (Wildman–Crippen MR) is 73.6 cm³/mol. The molecule has 2 heterocycles. The van der Waals surface area contributed by atoms with Gasteiger partial charge in [0, 0.05) is 23.9 Å². The standard InChI is InChI=1S/C16H25NO2/c1-10-9-16-12-4-2-6-17(16)7-3-5-13(16)14(18)8-11(12)15(10)19/h4,10-11,13-15,18-19H,2-3,5-9H2,1H3/t10-,11-,13+,14+,15+,16+/m0/s1. The first kappa shape index (κ1) is 12.4. The maximum atomic E-state index is 10.6. The number of nitrogens with zero attached hydrogens (tertiary/aromatic N) is 1. The molecule has 2 N–H and O–H groups in total. The van der Waals surface area contributed by atoms with Gasteiger partial charge in [0.25, 0.3) is 0 Å². The van der Waals surface area contributed by atoms with Crippen molar-refractivity contribution < 1.29 is 10.2 Å². The normalized spacial score (nSPS) is 53.4. The molecule has 6 atom stereocenters. The van der Waals surface area contributed by atoms with E-state index in [9.17, 15) is 10.2 Å². The van der Waals surface area contributed by atoms with Crippen molar-refractivity contribution in [3.63, 3.8) is 0 Å². The monoisotopic (exact) mass is 263 g/mol. The molecule has 0 aromatic rings. The summed E-state index contributed by atoms with van der Waals surface area (Å²) in [5, 5.41) is 21.1. The molecule has 3 nitrogen and oxygen atoms in total. The second kappa shape index (κ2) is 4.06. The van der Waals surface area contributed by atoms with Crippen LogP contribution in [0.4, 0.5) is 0 Å². The summed E-state index contributed by atoms with van der Waals surface area (Å²) in [6.07, 6.45) is 7.25. The third-order valence-electron chi connectivity index (χ3n) is 6.37. The van der Waals surface area contributed by atoms with E-state index in [1.165, 1.54) is 18.5 Å². The van der Waals surface area contributed by atoms with Gasteiger partial charge in [0.1, 0.15) is 0 Å². The van der Waals surface area contributed by atoms with Crippen molar-refractivity contribution >= 4 is 0 Å². The summed E-state index contributed by atoms with van der Waals surface area (Å²) >= 11 is 0. The average molecular weight is 263 g/mol. The van der Waals surface area contributed by atoms with Crippen LogP contribution in [0.2, 0.25) is 0 Å². The molecule has 2 aliphatic carbocycles. The molecule has 2 aliphatic heterocycles. The fraction of sp³-hybridized carbons (Fsp3) is 0.875. The van der Waals surface area contributed by atoms with Crippen molar-refractivity contribution in [3.05, 3.63) is 11.6 Å². The lowest BCUT2D eigenvalue weighted by atomic mass is 9.51. The van der Waals surface area contributed by atoms with Crippen molar-refractivity contribution in [1.82, 2.24) is 4.90 Å². The van der Waals surface area contributed by atoms with E-state index in [4.69, 9.17) is 0 Å². The minimum Gasteiger partial charge on any atom is -0.393 e. The Morgan fingerprint density at radius 3 is 3.00 bits per heavy atom. The molecular formula is C16H25NO2. The first-order valence-electron chi connectivity index (χ1n) is 7.96. The van der Waals surface area contributed by atoms with Crippen molar-refractivity contribution in [2.45, 2.75) is 56.8 Å². The minimum atomic E-state index is -0.255. The van der Waals surface area contributed by atoms with Gasteiger partial charge in [-0.1, -0.05) is 13.0 Å². The Hall–Kier alpha value is -0.380. The highest BCUT2D eigenvalue weighted by molar-refractivity contribution is 5.36. The Labute approximate surface area is 115 Å². The lowest BCUT2D eigenvalue weighted by Gasteiger charge is -2.65. The van der Waals surface area contributed by atoms with Gasteiger partial charge in [0.15, 0.2) is 0 Å². The maximum Gasteiger partial charge on any atom is 0.0633 e. The highest BCUT2D eigenvalue weighted by atomic mass is 16.3. The molecule has 4 aliphatic rings. The first-order chi connectivity index (χ1) is 9.14. The summed E-state index contributed by atoms with van der Waals surface area (Å²) in [4.78, 5) is 2.65. The first-order valence-corrected chi connectivity index (χ1v) is 7.96. The molecule has 2 bridgehead atoms. The number of hydrogen-bond acceptors (Lipinski definition) is 3. The van der Waals surface area contributed by atoms with E-state index in [-0.39, 0.29) is 23.7 Å². The van der Waals surface area contributed by atoms with Crippen molar-refractivity contribution in [1.29, 1.82) is 0 Å². The summed E-state index contributed by atoms with van der Waals surface area (Å²) in [6, 6.07) is 0. The van der Waals surface area contributed by atoms with Crippen molar-refractivity contribution in [3.8, 4) is 0 Å². The van der Waals surface area contributed by atoms with Crippen LogP contribution in [0.25, 0.3) is 0 Å². The molecule has 1 saturated heterocycles. The molecule has 3 fully saturated rings. The molecule has 1 spiro atoms. The minimum absolute atomic E-state index is 0.0947. The number of rotatable bonds is 0. The van der Waals surface area contributed by atoms with E-state index in [1.54, 1.807) is 0 Å². The SMILES string of the molecule is C[C@H]1C[C@]23C4=CCCN2CCC[C@@H]3[C@H](O)C[C@@H]4[C@@H]1O. The van der Waals surface area contributed by atoms with Crippen LogP contribution in [-0.2, 0) is 0 Å². The topological polar surface area (TPSA) is 43.7 Å². The van der Waals surface area contributed by atoms with Gasteiger partial charge in [-0.15, -0.1) is 0 Å². The molecule has 0 aromatic heterocycles. The van der Waals surface area contributed by atoms with Gasteiger partial charge in [-0.2, -0.15) is 0 Å². The average Bonchev–Trinajstić information content (AvgIpc) is 2.40. The van der Waals surface area contributed by atoms with Gasteiger partial charge in [-0.3, -0.25) is 4.90 Å². The smallest absolute Gasteiger partial charge is 0.0633 e. The highest BCUT2D eigenvalue weighted by Gasteiger charge is 2.61. The Kier molecular flexibility index (Phi) is 2.64. The molecule has 3 heteroatoms. The van der Waals surface area contributed by atoms with Gasteiger partial charge in [-0.25, -0.2) is 0 Å². The van der Waals surface area contributed by atoms with Gasteiger partial charge < -0.3 is 10.2 Å². The predicted octanol–water partition coefficient (Wildman–Crippen LogP) is 1.55. The molecule has 2 saturated carbocycles. The molecule has 19 heavy (non-hydrogen) atoms. The fourth-order valence-electron chi connectivity index (χ4n) is 5.70. The lowest BCUT2D eigenvalue weighted by Crippen LogP contribution is -2.70. The van der Waals surface area contributed by atoms with Crippen LogP contribution < -0.4 is 0 Å². The van der Waals surface area contributed by atoms with Crippen LogP contribution >= 0.6 is 0 Å². The van der Waals surface area contributed by atoms with Crippen LogP contribution in [0.15, 0.2) is 11.6 Å². The molecule has 4 rings (SSSR count). The quantitative estimate of drug-likeness (QED) is 0.652. The second-order valence-corrected chi connectivity index (χ2v) is 7.19. The third-order valence-corrected chi connectivity index (χ3v) is 6.37. The Balaban J connectivity index is 1.87. The molecule has 0 aromatic carbocycles. The summed E-state index contributed by atoms with van der Waals surface area (Å²) < 4.78 is 0. The highest BCUT2D eigenvalue weighted by Crippen LogP contribution is 2.58.